The van der Waals surface area contributed by atoms with E-state index in [2.05, 4.69) is 10.3 Å². The van der Waals surface area contributed by atoms with Crippen LogP contribution in [0.1, 0.15) is 13.3 Å². The lowest BCUT2D eigenvalue weighted by Crippen LogP contribution is -2.09. The first-order valence-electron chi connectivity index (χ1n) is 5.53. The van der Waals surface area contributed by atoms with Crippen LogP contribution in [0.15, 0.2) is 22.6 Å². The quantitative estimate of drug-likeness (QED) is 0.621. The maximum Gasteiger partial charge on any atom is 0.295 e. The number of aliphatic hydroxyl groups excluding tert-OH is 1. The van der Waals surface area contributed by atoms with Crippen molar-refractivity contribution < 1.29 is 14.4 Å². The van der Waals surface area contributed by atoms with Crippen LogP contribution in [0.4, 0.5) is 11.7 Å². The number of hydrogen-bond donors (Lipinski definition) is 2. The van der Waals surface area contributed by atoms with Crippen molar-refractivity contribution in [2.24, 2.45) is 0 Å². The minimum absolute atomic E-state index is 0.0332. The number of aliphatic hydroxyl groups is 1. The van der Waals surface area contributed by atoms with Crippen molar-refractivity contribution in [1.29, 1.82) is 0 Å². The lowest BCUT2D eigenvalue weighted by Gasteiger charge is -2.03. The molecule has 0 bridgehead atoms. The van der Waals surface area contributed by atoms with Crippen molar-refractivity contribution in [3.8, 4) is 0 Å². The summed E-state index contributed by atoms with van der Waals surface area (Å²) >= 11 is 0. The number of oxazole rings is 1. The van der Waals surface area contributed by atoms with E-state index in [9.17, 15) is 10.1 Å². The highest BCUT2D eigenvalue weighted by atomic mass is 16.6. The molecule has 0 amide bonds. The summed E-state index contributed by atoms with van der Waals surface area (Å²) < 4.78 is 5.33. The van der Waals surface area contributed by atoms with Crippen LogP contribution in [0.3, 0.4) is 0 Å². The standard InChI is InChI=1S/C11H13N3O4/c1-7(15)4-5-12-11-13-9-3-2-8(14(16)17)6-10(9)18-11/h2-3,6-7,15H,4-5H2,1H3,(H,12,13). The Balaban J connectivity index is 2.14. The van der Waals surface area contributed by atoms with Gasteiger partial charge < -0.3 is 14.8 Å². The normalized spacial score (nSPS) is 12.6. The molecule has 0 aliphatic rings. The highest BCUT2D eigenvalue weighted by Gasteiger charge is 2.11. The Morgan fingerprint density at radius 3 is 3.06 bits per heavy atom. The predicted octanol–water partition coefficient (Wildman–Crippen LogP) is 1.92. The zero-order chi connectivity index (χ0) is 13.1. The maximum atomic E-state index is 10.6. The van der Waals surface area contributed by atoms with Gasteiger partial charge >= 0.3 is 0 Å². The third kappa shape index (κ3) is 2.75. The Labute approximate surface area is 103 Å². The lowest BCUT2D eigenvalue weighted by molar-refractivity contribution is -0.384. The number of aromatic nitrogens is 1. The smallest absolute Gasteiger partial charge is 0.295 e. The molecule has 0 spiro atoms. The molecule has 0 fully saturated rings. The second-order valence-corrected chi connectivity index (χ2v) is 3.99. The Kier molecular flexibility index (Phi) is 3.42. The fraction of sp³-hybridized carbons (Fsp3) is 0.364. The molecule has 1 aromatic heterocycles. The zero-order valence-corrected chi connectivity index (χ0v) is 9.79. The number of nitrogens with zero attached hydrogens (tertiary/aromatic N) is 2. The SMILES string of the molecule is CC(O)CCNc1nc2ccc([N+](=O)[O-])cc2o1. The van der Waals surface area contributed by atoms with Crippen LogP contribution in [0.2, 0.25) is 0 Å². The van der Waals surface area contributed by atoms with Crippen molar-refractivity contribution in [3.63, 3.8) is 0 Å². The Morgan fingerprint density at radius 2 is 2.39 bits per heavy atom. The number of benzene rings is 1. The predicted molar refractivity (Wildman–Crippen MR) is 65.5 cm³/mol. The van der Waals surface area contributed by atoms with Crippen molar-refractivity contribution >= 4 is 22.8 Å². The number of rotatable bonds is 5. The summed E-state index contributed by atoms with van der Waals surface area (Å²) in [6, 6.07) is 4.55. The van der Waals surface area contributed by atoms with Gasteiger partial charge in [0, 0.05) is 12.6 Å². The number of anilines is 1. The van der Waals surface area contributed by atoms with Crippen molar-refractivity contribution in [1.82, 2.24) is 4.98 Å². The first-order valence-corrected chi connectivity index (χ1v) is 5.53. The van der Waals surface area contributed by atoms with E-state index < -0.39 is 11.0 Å². The van der Waals surface area contributed by atoms with Gasteiger partial charge in [-0.25, -0.2) is 0 Å². The highest BCUT2D eigenvalue weighted by molar-refractivity contribution is 5.77. The molecule has 7 nitrogen and oxygen atoms in total. The number of non-ortho nitro benzene ring substituents is 1. The van der Waals surface area contributed by atoms with E-state index in [1.807, 2.05) is 0 Å². The largest absolute Gasteiger partial charge is 0.423 e. The van der Waals surface area contributed by atoms with Crippen molar-refractivity contribution in [3.05, 3.63) is 28.3 Å². The molecule has 18 heavy (non-hydrogen) atoms. The molecule has 2 N–H and O–H groups in total. The average molecular weight is 251 g/mol. The number of nitro benzene ring substituents is 1. The second-order valence-electron chi connectivity index (χ2n) is 3.99. The fourth-order valence-electron chi connectivity index (χ4n) is 1.49. The first-order chi connectivity index (χ1) is 8.56. The molecule has 1 aromatic carbocycles. The molecule has 2 aromatic rings. The lowest BCUT2D eigenvalue weighted by atomic mass is 10.3. The average Bonchev–Trinajstić information content (AvgIpc) is 2.69. The van der Waals surface area contributed by atoms with Crippen LogP contribution in [-0.4, -0.2) is 27.7 Å². The van der Waals surface area contributed by atoms with Gasteiger partial charge in [-0.05, 0) is 19.4 Å². The summed E-state index contributed by atoms with van der Waals surface area (Å²) in [6.45, 7) is 2.21. The molecule has 0 saturated heterocycles. The summed E-state index contributed by atoms with van der Waals surface area (Å²) in [4.78, 5) is 14.2. The molecule has 0 aliphatic heterocycles. The monoisotopic (exact) mass is 251 g/mol. The summed E-state index contributed by atoms with van der Waals surface area (Å²) in [5.41, 5.74) is 0.887. The van der Waals surface area contributed by atoms with Crippen LogP contribution in [0, 0.1) is 10.1 Å². The molecule has 96 valence electrons. The zero-order valence-electron chi connectivity index (χ0n) is 9.79. The summed E-state index contributed by atoms with van der Waals surface area (Å²) in [6.07, 6.45) is 0.168. The molecule has 1 unspecified atom stereocenters. The first kappa shape index (κ1) is 12.3. The van der Waals surface area contributed by atoms with E-state index in [1.54, 1.807) is 6.92 Å². The van der Waals surface area contributed by atoms with Crippen LogP contribution in [-0.2, 0) is 0 Å². The van der Waals surface area contributed by atoms with E-state index in [-0.39, 0.29) is 5.69 Å². The number of hydrogen-bond acceptors (Lipinski definition) is 6. The number of fused-ring (bicyclic) bond motifs is 1. The molecular weight excluding hydrogens is 238 g/mol. The Hall–Kier alpha value is -2.15. The molecule has 1 atom stereocenters. The van der Waals surface area contributed by atoms with Gasteiger partial charge in [-0.15, -0.1) is 0 Å². The van der Waals surface area contributed by atoms with Crippen LogP contribution < -0.4 is 5.32 Å². The molecule has 2 rings (SSSR count). The van der Waals surface area contributed by atoms with E-state index >= 15 is 0 Å². The van der Waals surface area contributed by atoms with Crippen LogP contribution >= 0.6 is 0 Å². The number of nitrogens with one attached hydrogen (secondary N) is 1. The molecule has 0 aliphatic carbocycles. The second kappa shape index (κ2) is 5.01. The minimum Gasteiger partial charge on any atom is -0.423 e. The topological polar surface area (TPSA) is 101 Å². The molecule has 7 heteroatoms. The van der Waals surface area contributed by atoms with E-state index in [4.69, 9.17) is 9.52 Å². The van der Waals surface area contributed by atoms with E-state index in [1.165, 1.54) is 18.2 Å². The highest BCUT2D eigenvalue weighted by Crippen LogP contribution is 2.23. The Bertz CT molecular complexity index is 564. The molecular formula is C11H13N3O4. The summed E-state index contributed by atoms with van der Waals surface area (Å²) in [5.74, 6) is 0. The van der Waals surface area contributed by atoms with Gasteiger partial charge in [0.25, 0.3) is 11.7 Å². The molecule has 0 saturated carbocycles. The third-order valence-electron chi connectivity index (χ3n) is 2.42. The van der Waals surface area contributed by atoms with Gasteiger partial charge in [0.05, 0.1) is 17.1 Å². The van der Waals surface area contributed by atoms with E-state index in [0.717, 1.165) is 0 Å². The van der Waals surface area contributed by atoms with Gasteiger partial charge in [0.15, 0.2) is 5.58 Å². The van der Waals surface area contributed by atoms with E-state index in [0.29, 0.717) is 30.1 Å². The van der Waals surface area contributed by atoms with Gasteiger partial charge in [-0.1, -0.05) is 0 Å². The third-order valence-corrected chi connectivity index (χ3v) is 2.42. The van der Waals surface area contributed by atoms with Gasteiger partial charge in [-0.3, -0.25) is 10.1 Å². The maximum absolute atomic E-state index is 10.6. The van der Waals surface area contributed by atoms with Crippen LogP contribution in [0.5, 0.6) is 0 Å². The van der Waals surface area contributed by atoms with Gasteiger partial charge in [-0.2, -0.15) is 4.98 Å². The minimum atomic E-state index is -0.484. The van der Waals surface area contributed by atoms with Crippen molar-refractivity contribution in [2.75, 3.05) is 11.9 Å². The van der Waals surface area contributed by atoms with Crippen LogP contribution in [0.25, 0.3) is 11.1 Å². The van der Waals surface area contributed by atoms with Crippen molar-refractivity contribution in [2.45, 2.75) is 19.4 Å². The molecule has 1 heterocycles. The Morgan fingerprint density at radius 1 is 1.61 bits per heavy atom. The summed E-state index contributed by atoms with van der Waals surface area (Å²) in [7, 11) is 0. The molecule has 0 radical (unpaired) electrons. The number of nitro groups is 1. The fourth-order valence-corrected chi connectivity index (χ4v) is 1.49. The van der Waals surface area contributed by atoms with Gasteiger partial charge in [0.1, 0.15) is 5.52 Å². The summed E-state index contributed by atoms with van der Waals surface area (Å²) in [5, 5.41) is 22.6. The van der Waals surface area contributed by atoms with Gasteiger partial charge in [0.2, 0.25) is 0 Å².